The Bertz CT molecular complexity index is 729. The van der Waals surface area contributed by atoms with Gasteiger partial charge in [-0.15, -0.1) is 0 Å². The fourth-order valence-electron chi connectivity index (χ4n) is 3.85. The first-order chi connectivity index (χ1) is 12.2. The molecule has 0 N–H and O–H groups in total. The van der Waals surface area contributed by atoms with Gasteiger partial charge < -0.3 is 14.4 Å². The molecule has 0 bridgehead atoms. The van der Waals surface area contributed by atoms with Crippen molar-refractivity contribution in [2.24, 2.45) is 5.92 Å². The molecule has 1 aliphatic rings. The third kappa shape index (κ3) is 3.48. The highest BCUT2D eigenvalue weighted by Crippen LogP contribution is 2.41. The summed E-state index contributed by atoms with van der Waals surface area (Å²) < 4.78 is 10.9. The van der Waals surface area contributed by atoms with Crippen molar-refractivity contribution in [2.45, 2.75) is 25.8 Å². The first-order valence-electron chi connectivity index (χ1n) is 8.67. The van der Waals surface area contributed by atoms with E-state index in [9.17, 15) is 4.79 Å². The Morgan fingerprint density at radius 1 is 1.16 bits per heavy atom. The highest BCUT2D eigenvalue weighted by Gasteiger charge is 2.32. The van der Waals surface area contributed by atoms with Crippen LogP contribution >= 0.6 is 0 Å². The summed E-state index contributed by atoms with van der Waals surface area (Å²) >= 11 is 0. The average molecular weight is 339 g/mol. The standard InChI is InChI=1S/C21H25NO3/c1-15(11-16-7-5-4-6-8-16)21-18-13-20(25-3)19(24-2)12-17(18)9-10-22(21)14-23/h4-8,12-15,21H,9-11H2,1-3H3/t15-,21+/m1/s1. The van der Waals surface area contributed by atoms with Crippen molar-refractivity contribution >= 4 is 6.41 Å². The fraction of sp³-hybridized carbons (Fsp3) is 0.381. The van der Waals surface area contributed by atoms with Gasteiger partial charge in [-0.05, 0) is 47.6 Å². The van der Waals surface area contributed by atoms with Crippen LogP contribution in [0.5, 0.6) is 11.5 Å². The summed E-state index contributed by atoms with van der Waals surface area (Å²) in [6, 6.07) is 14.6. The number of carbonyl (C=O) groups is 1. The predicted molar refractivity (Wildman–Crippen MR) is 98.1 cm³/mol. The lowest BCUT2D eigenvalue weighted by molar-refractivity contribution is -0.121. The molecule has 25 heavy (non-hydrogen) atoms. The quantitative estimate of drug-likeness (QED) is 0.754. The first-order valence-corrected chi connectivity index (χ1v) is 8.67. The number of hydrogen-bond donors (Lipinski definition) is 0. The van der Waals surface area contributed by atoms with E-state index in [1.54, 1.807) is 14.2 Å². The Morgan fingerprint density at radius 2 is 1.84 bits per heavy atom. The second-order valence-electron chi connectivity index (χ2n) is 6.61. The topological polar surface area (TPSA) is 38.8 Å². The highest BCUT2D eigenvalue weighted by molar-refractivity contribution is 5.55. The predicted octanol–water partition coefficient (Wildman–Crippen LogP) is 3.64. The van der Waals surface area contributed by atoms with Gasteiger partial charge >= 0.3 is 0 Å². The van der Waals surface area contributed by atoms with E-state index in [1.165, 1.54) is 16.7 Å². The molecule has 0 aliphatic carbocycles. The molecule has 1 heterocycles. The smallest absolute Gasteiger partial charge is 0.210 e. The molecule has 0 aromatic heterocycles. The molecule has 2 atom stereocenters. The van der Waals surface area contributed by atoms with Crippen LogP contribution in [0.1, 0.15) is 29.7 Å². The highest BCUT2D eigenvalue weighted by atomic mass is 16.5. The van der Waals surface area contributed by atoms with Crippen LogP contribution in [0.3, 0.4) is 0 Å². The number of benzene rings is 2. The van der Waals surface area contributed by atoms with Gasteiger partial charge in [-0.2, -0.15) is 0 Å². The minimum Gasteiger partial charge on any atom is -0.493 e. The van der Waals surface area contributed by atoms with E-state index in [0.29, 0.717) is 11.7 Å². The first kappa shape index (κ1) is 17.3. The maximum absolute atomic E-state index is 11.7. The summed E-state index contributed by atoms with van der Waals surface area (Å²) in [5.74, 6) is 1.76. The van der Waals surface area contributed by atoms with Crippen molar-refractivity contribution < 1.29 is 14.3 Å². The van der Waals surface area contributed by atoms with Crippen molar-refractivity contribution in [1.82, 2.24) is 4.90 Å². The molecule has 0 saturated carbocycles. The monoisotopic (exact) mass is 339 g/mol. The fourth-order valence-corrected chi connectivity index (χ4v) is 3.85. The van der Waals surface area contributed by atoms with Gasteiger partial charge in [-0.1, -0.05) is 37.3 Å². The molecule has 0 radical (unpaired) electrons. The molecule has 1 aliphatic heterocycles. The number of methoxy groups -OCH3 is 2. The molecular formula is C21H25NO3. The molecule has 0 spiro atoms. The number of amides is 1. The maximum Gasteiger partial charge on any atom is 0.210 e. The summed E-state index contributed by atoms with van der Waals surface area (Å²) in [6.45, 7) is 2.94. The molecular weight excluding hydrogens is 314 g/mol. The summed E-state index contributed by atoms with van der Waals surface area (Å²) in [4.78, 5) is 13.6. The zero-order valence-corrected chi connectivity index (χ0v) is 15.1. The van der Waals surface area contributed by atoms with Crippen molar-refractivity contribution in [1.29, 1.82) is 0 Å². The molecule has 3 rings (SSSR count). The summed E-state index contributed by atoms with van der Waals surface area (Å²) in [5.41, 5.74) is 3.69. The maximum atomic E-state index is 11.7. The van der Waals surface area contributed by atoms with Crippen LogP contribution in [0, 0.1) is 5.92 Å². The molecule has 0 unspecified atom stereocenters. The van der Waals surface area contributed by atoms with Crippen LogP contribution in [-0.4, -0.2) is 32.1 Å². The third-order valence-electron chi connectivity index (χ3n) is 5.04. The third-order valence-corrected chi connectivity index (χ3v) is 5.04. The van der Waals surface area contributed by atoms with Crippen LogP contribution < -0.4 is 9.47 Å². The van der Waals surface area contributed by atoms with Gasteiger partial charge in [-0.3, -0.25) is 4.79 Å². The Balaban J connectivity index is 1.98. The molecule has 2 aromatic carbocycles. The van der Waals surface area contributed by atoms with Gasteiger partial charge in [-0.25, -0.2) is 0 Å². The van der Waals surface area contributed by atoms with E-state index < -0.39 is 0 Å². The van der Waals surface area contributed by atoms with Gasteiger partial charge in [0, 0.05) is 6.54 Å². The summed E-state index contributed by atoms with van der Waals surface area (Å²) in [6.07, 6.45) is 2.73. The van der Waals surface area contributed by atoms with Gasteiger partial charge in [0.15, 0.2) is 11.5 Å². The average Bonchev–Trinajstić information content (AvgIpc) is 2.66. The molecule has 0 fully saturated rings. The molecule has 2 aromatic rings. The minimum absolute atomic E-state index is 0.0428. The Hall–Kier alpha value is -2.49. The zero-order valence-electron chi connectivity index (χ0n) is 15.1. The van der Waals surface area contributed by atoms with Crippen LogP contribution in [0.25, 0.3) is 0 Å². The van der Waals surface area contributed by atoms with E-state index in [0.717, 1.165) is 31.5 Å². The van der Waals surface area contributed by atoms with Gasteiger partial charge in [0.05, 0.1) is 20.3 Å². The van der Waals surface area contributed by atoms with E-state index in [-0.39, 0.29) is 6.04 Å². The number of rotatable bonds is 6. The van der Waals surface area contributed by atoms with E-state index >= 15 is 0 Å². The number of carbonyl (C=O) groups excluding carboxylic acids is 1. The van der Waals surface area contributed by atoms with Crippen molar-refractivity contribution in [2.75, 3.05) is 20.8 Å². The second kappa shape index (κ2) is 7.60. The molecule has 4 heteroatoms. The Labute approximate surface area is 149 Å². The normalized spacial score (nSPS) is 17.6. The van der Waals surface area contributed by atoms with Crippen molar-refractivity contribution in [3.63, 3.8) is 0 Å². The molecule has 4 nitrogen and oxygen atoms in total. The van der Waals surface area contributed by atoms with Crippen LogP contribution in [0.2, 0.25) is 0 Å². The zero-order chi connectivity index (χ0) is 17.8. The van der Waals surface area contributed by atoms with Crippen LogP contribution in [0.4, 0.5) is 0 Å². The minimum atomic E-state index is 0.0428. The lowest BCUT2D eigenvalue weighted by Crippen LogP contribution is -2.38. The Kier molecular flexibility index (Phi) is 5.27. The Morgan fingerprint density at radius 3 is 2.48 bits per heavy atom. The number of hydrogen-bond acceptors (Lipinski definition) is 3. The van der Waals surface area contributed by atoms with E-state index in [2.05, 4.69) is 37.3 Å². The van der Waals surface area contributed by atoms with Gasteiger partial charge in [0.1, 0.15) is 0 Å². The van der Waals surface area contributed by atoms with Crippen LogP contribution in [-0.2, 0) is 17.6 Å². The largest absolute Gasteiger partial charge is 0.493 e. The summed E-state index contributed by atoms with van der Waals surface area (Å²) in [5, 5.41) is 0. The van der Waals surface area contributed by atoms with Crippen molar-refractivity contribution in [3.05, 3.63) is 59.2 Å². The van der Waals surface area contributed by atoms with E-state index in [4.69, 9.17) is 9.47 Å². The van der Waals surface area contributed by atoms with Crippen molar-refractivity contribution in [3.8, 4) is 11.5 Å². The second-order valence-corrected chi connectivity index (χ2v) is 6.61. The molecule has 0 saturated heterocycles. The SMILES string of the molecule is COc1cc2c(cc1OC)[C@H]([C@H](C)Cc1ccccc1)N(C=O)CC2. The summed E-state index contributed by atoms with van der Waals surface area (Å²) in [7, 11) is 3.30. The van der Waals surface area contributed by atoms with E-state index in [1.807, 2.05) is 17.0 Å². The van der Waals surface area contributed by atoms with Crippen LogP contribution in [0.15, 0.2) is 42.5 Å². The van der Waals surface area contributed by atoms with Gasteiger partial charge in [0.25, 0.3) is 0 Å². The van der Waals surface area contributed by atoms with Gasteiger partial charge in [0.2, 0.25) is 6.41 Å². The number of nitrogens with zero attached hydrogens (tertiary/aromatic N) is 1. The lowest BCUT2D eigenvalue weighted by atomic mass is 9.82. The number of ether oxygens (including phenoxy) is 2. The number of fused-ring (bicyclic) bond motifs is 1. The molecule has 132 valence electrons. The lowest BCUT2D eigenvalue weighted by Gasteiger charge is -2.39. The molecule has 1 amide bonds.